The lowest BCUT2D eigenvalue weighted by Gasteiger charge is -2.28. The number of thiocarbonyl (C=S) groups is 1. The third kappa shape index (κ3) is 3.99. The minimum atomic E-state index is -0.943. The number of carboxylic acid groups (broad SMARTS) is 1. The normalized spacial score (nSPS) is 18.1. The Bertz CT molecular complexity index is 1130. The predicted octanol–water partition coefficient (Wildman–Crippen LogP) is 3.54. The maximum absolute atomic E-state index is 11.2. The standard InChI is InChI=1S/C24H26N4O3S/c1-15-14-19(16(2)28(15)18-9-7-17(8-10-18)23(30)31)22-21(20-6-3-4-11-25-20)26-24(32)27(22)12-5-13-29/h3-4,6-11,14,21-22,29H,5,12-13H2,1-2H3,(H,26,32)(H,30,31)/t21-,22+/m0/s1. The molecule has 1 aliphatic heterocycles. The van der Waals surface area contributed by atoms with E-state index >= 15 is 0 Å². The van der Waals surface area contributed by atoms with Crippen LogP contribution in [0.1, 0.15) is 51.5 Å². The van der Waals surface area contributed by atoms with Gasteiger partial charge in [-0.2, -0.15) is 0 Å². The number of aliphatic hydroxyl groups is 1. The van der Waals surface area contributed by atoms with Crippen molar-refractivity contribution < 1.29 is 15.0 Å². The molecule has 0 bridgehead atoms. The number of rotatable bonds is 7. The van der Waals surface area contributed by atoms with Gasteiger partial charge in [-0.25, -0.2) is 4.79 Å². The van der Waals surface area contributed by atoms with Gasteiger partial charge in [0.25, 0.3) is 0 Å². The van der Waals surface area contributed by atoms with Crippen molar-refractivity contribution in [2.75, 3.05) is 13.2 Å². The highest BCUT2D eigenvalue weighted by molar-refractivity contribution is 7.80. The quantitative estimate of drug-likeness (QED) is 0.474. The molecule has 1 fully saturated rings. The van der Waals surface area contributed by atoms with Crippen LogP contribution in [0.25, 0.3) is 5.69 Å². The maximum Gasteiger partial charge on any atom is 0.335 e. The average molecular weight is 451 g/mol. The molecule has 0 radical (unpaired) electrons. The number of aryl methyl sites for hydroxylation is 1. The van der Waals surface area contributed by atoms with Crippen LogP contribution in [0.15, 0.2) is 54.7 Å². The maximum atomic E-state index is 11.2. The Balaban J connectivity index is 1.79. The van der Waals surface area contributed by atoms with Crippen LogP contribution in [-0.4, -0.2) is 48.9 Å². The summed E-state index contributed by atoms with van der Waals surface area (Å²) in [6.07, 6.45) is 2.39. The highest BCUT2D eigenvalue weighted by Crippen LogP contribution is 2.41. The molecule has 0 unspecified atom stereocenters. The summed E-state index contributed by atoms with van der Waals surface area (Å²) < 4.78 is 2.13. The second-order valence-corrected chi connectivity index (χ2v) is 8.30. The number of aromatic carboxylic acids is 1. The van der Waals surface area contributed by atoms with Gasteiger partial charge < -0.3 is 25.0 Å². The van der Waals surface area contributed by atoms with E-state index in [4.69, 9.17) is 12.2 Å². The first-order valence-electron chi connectivity index (χ1n) is 10.5. The van der Waals surface area contributed by atoms with E-state index < -0.39 is 5.97 Å². The zero-order valence-electron chi connectivity index (χ0n) is 18.0. The van der Waals surface area contributed by atoms with Crippen molar-refractivity contribution in [1.82, 2.24) is 19.8 Å². The van der Waals surface area contributed by atoms with Gasteiger partial charge in [-0.3, -0.25) is 4.98 Å². The number of aliphatic hydroxyl groups excluding tert-OH is 1. The zero-order chi connectivity index (χ0) is 22.8. The minimum absolute atomic E-state index is 0.0813. The van der Waals surface area contributed by atoms with Crippen molar-refractivity contribution in [2.45, 2.75) is 32.4 Å². The van der Waals surface area contributed by atoms with E-state index in [1.807, 2.05) is 37.3 Å². The van der Waals surface area contributed by atoms with Crippen LogP contribution in [0.5, 0.6) is 0 Å². The number of carbonyl (C=O) groups is 1. The number of carboxylic acids is 1. The molecule has 8 heteroatoms. The second kappa shape index (κ2) is 9.10. The molecule has 3 aromatic rings. The SMILES string of the molecule is Cc1cc([C@@H]2[C@H](c3ccccn3)NC(=S)N2CCCO)c(C)n1-c1ccc(C(=O)O)cc1. The lowest BCUT2D eigenvalue weighted by Crippen LogP contribution is -2.31. The van der Waals surface area contributed by atoms with Crippen LogP contribution >= 0.6 is 12.2 Å². The highest BCUT2D eigenvalue weighted by atomic mass is 32.1. The van der Waals surface area contributed by atoms with Crippen molar-refractivity contribution >= 4 is 23.3 Å². The molecule has 3 heterocycles. The van der Waals surface area contributed by atoms with Crippen molar-refractivity contribution in [3.8, 4) is 5.69 Å². The van der Waals surface area contributed by atoms with E-state index in [1.54, 1.807) is 18.3 Å². The molecule has 0 amide bonds. The van der Waals surface area contributed by atoms with Crippen molar-refractivity contribution in [3.63, 3.8) is 0 Å². The van der Waals surface area contributed by atoms with Crippen LogP contribution in [-0.2, 0) is 0 Å². The molecule has 32 heavy (non-hydrogen) atoms. The summed E-state index contributed by atoms with van der Waals surface area (Å²) in [5, 5.41) is 22.7. The molecule has 166 valence electrons. The lowest BCUT2D eigenvalue weighted by molar-refractivity contribution is 0.0697. The Labute approximate surface area is 192 Å². The summed E-state index contributed by atoms with van der Waals surface area (Å²) in [5.74, 6) is -0.943. The van der Waals surface area contributed by atoms with Crippen LogP contribution in [0.4, 0.5) is 0 Å². The van der Waals surface area contributed by atoms with E-state index in [0.717, 1.165) is 28.3 Å². The molecule has 7 nitrogen and oxygen atoms in total. The fourth-order valence-electron chi connectivity index (χ4n) is 4.46. The van der Waals surface area contributed by atoms with Gasteiger partial charge in [0.15, 0.2) is 5.11 Å². The number of nitrogens with one attached hydrogen (secondary N) is 1. The monoisotopic (exact) mass is 450 g/mol. The number of hydrogen-bond donors (Lipinski definition) is 3. The first-order chi connectivity index (χ1) is 15.4. The summed E-state index contributed by atoms with van der Waals surface area (Å²) >= 11 is 5.67. The van der Waals surface area contributed by atoms with Crippen molar-refractivity contribution in [1.29, 1.82) is 0 Å². The predicted molar refractivity (Wildman–Crippen MR) is 126 cm³/mol. The molecular formula is C24H26N4O3S. The molecule has 2 aromatic heterocycles. The molecule has 3 N–H and O–H groups in total. The highest BCUT2D eigenvalue weighted by Gasteiger charge is 2.41. The Morgan fingerprint density at radius 1 is 1.19 bits per heavy atom. The van der Waals surface area contributed by atoms with Gasteiger partial charge in [-0.1, -0.05) is 6.07 Å². The molecule has 2 atom stereocenters. The number of benzene rings is 1. The smallest absolute Gasteiger partial charge is 0.335 e. The third-order valence-electron chi connectivity index (χ3n) is 5.92. The van der Waals surface area contributed by atoms with E-state index in [9.17, 15) is 15.0 Å². The van der Waals surface area contributed by atoms with Gasteiger partial charge in [0.05, 0.1) is 23.3 Å². The fraction of sp³-hybridized carbons (Fsp3) is 0.292. The Hall–Kier alpha value is -3.23. The molecule has 1 saturated heterocycles. The first kappa shape index (κ1) is 22.0. The number of hydrogen-bond acceptors (Lipinski definition) is 4. The summed E-state index contributed by atoms with van der Waals surface area (Å²) in [5.41, 5.74) is 5.28. The van der Waals surface area contributed by atoms with Crippen molar-refractivity contribution in [2.24, 2.45) is 0 Å². The van der Waals surface area contributed by atoms with E-state index in [2.05, 4.69) is 32.8 Å². The Morgan fingerprint density at radius 3 is 2.56 bits per heavy atom. The van der Waals surface area contributed by atoms with Gasteiger partial charge in [-0.05, 0) is 80.5 Å². The van der Waals surface area contributed by atoms with E-state index in [1.165, 1.54) is 0 Å². The van der Waals surface area contributed by atoms with Crippen molar-refractivity contribution in [3.05, 3.63) is 82.9 Å². The van der Waals surface area contributed by atoms with Crippen LogP contribution in [0.3, 0.4) is 0 Å². The van der Waals surface area contributed by atoms with Gasteiger partial charge in [0.2, 0.25) is 0 Å². The molecule has 4 rings (SSSR count). The molecule has 0 aliphatic carbocycles. The molecule has 1 aromatic carbocycles. The van der Waals surface area contributed by atoms with E-state index in [-0.39, 0.29) is 24.3 Å². The Kier molecular flexibility index (Phi) is 6.25. The average Bonchev–Trinajstić information content (AvgIpc) is 3.27. The topological polar surface area (TPSA) is 90.6 Å². The summed E-state index contributed by atoms with van der Waals surface area (Å²) in [6.45, 7) is 4.83. The third-order valence-corrected chi connectivity index (χ3v) is 6.27. The second-order valence-electron chi connectivity index (χ2n) is 7.91. The number of nitrogens with zero attached hydrogens (tertiary/aromatic N) is 3. The van der Waals surface area contributed by atoms with Gasteiger partial charge in [0.1, 0.15) is 0 Å². The molecular weight excluding hydrogens is 424 g/mol. The Morgan fingerprint density at radius 2 is 1.94 bits per heavy atom. The summed E-state index contributed by atoms with van der Waals surface area (Å²) in [4.78, 5) is 17.9. The van der Waals surface area contributed by atoms with Gasteiger partial charge in [-0.15, -0.1) is 0 Å². The zero-order valence-corrected chi connectivity index (χ0v) is 18.8. The van der Waals surface area contributed by atoms with Crippen LogP contribution < -0.4 is 5.32 Å². The number of aromatic nitrogens is 2. The largest absolute Gasteiger partial charge is 0.478 e. The molecule has 1 aliphatic rings. The summed E-state index contributed by atoms with van der Waals surface area (Å²) in [6, 6.07) is 14.7. The minimum Gasteiger partial charge on any atom is -0.478 e. The van der Waals surface area contributed by atoms with Gasteiger partial charge in [0, 0.05) is 36.4 Å². The fourth-order valence-corrected chi connectivity index (χ4v) is 4.80. The first-order valence-corrected chi connectivity index (χ1v) is 10.9. The van der Waals surface area contributed by atoms with Crippen LogP contribution in [0, 0.1) is 13.8 Å². The summed E-state index contributed by atoms with van der Waals surface area (Å²) in [7, 11) is 0. The molecule has 0 saturated carbocycles. The molecule has 0 spiro atoms. The van der Waals surface area contributed by atoms with Gasteiger partial charge >= 0.3 is 5.97 Å². The lowest BCUT2D eigenvalue weighted by atomic mass is 9.96. The van der Waals surface area contributed by atoms with Crippen LogP contribution in [0.2, 0.25) is 0 Å². The number of pyridine rings is 1. The van der Waals surface area contributed by atoms with E-state index in [0.29, 0.717) is 18.1 Å².